The van der Waals surface area contributed by atoms with Gasteiger partial charge in [0.1, 0.15) is 0 Å². The van der Waals surface area contributed by atoms with Crippen molar-refractivity contribution >= 4 is 11.6 Å². The van der Waals surface area contributed by atoms with E-state index in [2.05, 4.69) is 0 Å². The van der Waals surface area contributed by atoms with Crippen molar-refractivity contribution in [2.24, 2.45) is 0 Å². The van der Waals surface area contributed by atoms with Crippen molar-refractivity contribution in [1.29, 1.82) is 0 Å². The second-order valence-electron chi connectivity index (χ2n) is 4.04. The van der Waals surface area contributed by atoms with Crippen LogP contribution in [0.25, 0.3) is 0 Å². The number of ketones is 2. The first kappa shape index (κ1) is 9.28. The van der Waals surface area contributed by atoms with Crippen LogP contribution in [0, 0.1) is 0 Å². The lowest BCUT2D eigenvalue weighted by atomic mass is 9.80. The van der Waals surface area contributed by atoms with E-state index in [0.29, 0.717) is 28.7 Å². The molecule has 0 atom stereocenters. The Kier molecular flexibility index (Phi) is 1.90. The molecule has 2 nitrogen and oxygen atoms in total. The Morgan fingerprint density at radius 3 is 2.38 bits per heavy atom. The third-order valence-electron chi connectivity index (χ3n) is 3.11. The number of hydrogen-bond donors (Lipinski definition) is 0. The lowest BCUT2D eigenvalue weighted by Crippen LogP contribution is -2.22. The van der Waals surface area contributed by atoms with Crippen molar-refractivity contribution in [3.05, 3.63) is 58.7 Å². The van der Waals surface area contributed by atoms with Gasteiger partial charge in [0, 0.05) is 22.3 Å². The molecule has 0 amide bonds. The highest BCUT2D eigenvalue weighted by Crippen LogP contribution is 2.31. The highest BCUT2D eigenvalue weighted by atomic mass is 16.1. The second-order valence-corrected chi connectivity index (χ2v) is 4.04. The zero-order valence-electron chi connectivity index (χ0n) is 8.69. The molecule has 0 heterocycles. The number of hydrogen-bond acceptors (Lipinski definition) is 2. The maximum Gasteiger partial charge on any atom is 0.194 e. The fourth-order valence-corrected chi connectivity index (χ4v) is 2.30. The Bertz CT molecular complexity index is 562. The van der Waals surface area contributed by atoms with E-state index in [-0.39, 0.29) is 11.6 Å². The van der Waals surface area contributed by atoms with Crippen LogP contribution in [0.2, 0.25) is 0 Å². The minimum absolute atomic E-state index is 0.0128. The largest absolute Gasteiger partial charge is 0.289 e. The molecule has 16 heavy (non-hydrogen) atoms. The van der Waals surface area contributed by atoms with Crippen LogP contribution in [0.4, 0.5) is 0 Å². The summed E-state index contributed by atoms with van der Waals surface area (Å²) < 4.78 is 0. The molecule has 0 N–H and O–H groups in total. The first-order valence-electron chi connectivity index (χ1n) is 5.37. The summed E-state index contributed by atoms with van der Waals surface area (Å²) in [4.78, 5) is 24.3. The molecule has 2 aliphatic carbocycles. The number of Topliss-reactive ketones (excluding diaryl/α,β-unsaturated/α-hetero) is 2. The molecule has 0 aromatic heterocycles. The SMILES string of the molecule is O=C1C2=C(CCC=C2)C(=O)c2ccccc21. The van der Waals surface area contributed by atoms with Crippen molar-refractivity contribution in [3.8, 4) is 0 Å². The summed E-state index contributed by atoms with van der Waals surface area (Å²) in [5.41, 5.74) is 2.38. The topological polar surface area (TPSA) is 34.1 Å². The zero-order chi connectivity index (χ0) is 11.1. The van der Waals surface area contributed by atoms with Crippen LogP contribution in [-0.4, -0.2) is 11.6 Å². The molecule has 2 heteroatoms. The summed E-state index contributed by atoms with van der Waals surface area (Å²) in [6, 6.07) is 7.05. The third-order valence-corrected chi connectivity index (χ3v) is 3.11. The molecule has 0 saturated carbocycles. The minimum atomic E-state index is -0.0128. The molecule has 2 aliphatic rings. The lowest BCUT2D eigenvalue weighted by Gasteiger charge is -2.21. The van der Waals surface area contributed by atoms with E-state index in [9.17, 15) is 9.59 Å². The predicted octanol–water partition coefficient (Wildman–Crippen LogP) is 2.71. The molecule has 0 bridgehead atoms. The minimum Gasteiger partial charge on any atom is -0.289 e. The van der Waals surface area contributed by atoms with Gasteiger partial charge in [-0.3, -0.25) is 9.59 Å². The number of carbonyl (C=O) groups is 2. The average molecular weight is 210 g/mol. The molecule has 0 aliphatic heterocycles. The van der Waals surface area contributed by atoms with E-state index in [1.54, 1.807) is 30.3 Å². The summed E-state index contributed by atoms with van der Waals surface area (Å²) in [5, 5.41) is 0. The van der Waals surface area contributed by atoms with E-state index in [1.165, 1.54) is 0 Å². The fraction of sp³-hybridized carbons (Fsp3) is 0.143. The Labute approximate surface area is 93.3 Å². The Morgan fingerprint density at radius 2 is 1.62 bits per heavy atom. The summed E-state index contributed by atoms with van der Waals surface area (Å²) in [5.74, 6) is 0.00991. The molecule has 1 aromatic carbocycles. The van der Waals surface area contributed by atoms with Crippen LogP contribution < -0.4 is 0 Å². The van der Waals surface area contributed by atoms with E-state index >= 15 is 0 Å². The number of carbonyl (C=O) groups excluding carboxylic acids is 2. The molecule has 0 saturated heterocycles. The van der Waals surface area contributed by atoms with Crippen LogP contribution in [0.15, 0.2) is 47.6 Å². The van der Waals surface area contributed by atoms with Gasteiger partial charge in [0.05, 0.1) is 0 Å². The number of allylic oxidation sites excluding steroid dienone is 4. The Balaban J connectivity index is 2.26. The fourth-order valence-electron chi connectivity index (χ4n) is 2.30. The van der Waals surface area contributed by atoms with Gasteiger partial charge < -0.3 is 0 Å². The highest BCUT2D eigenvalue weighted by molar-refractivity contribution is 6.28. The van der Waals surface area contributed by atoms with Crippen LogP contribution in [0.5, 0.6) is 0 Å². The molecule has 0 unspecified atom stereocenters. The van der Waals surface area contributed by atoms with E-state index in [1.807, 2.05) is 6.08 Å². The molecular formula is C14H10O2. The van der Waals surface area contributed by atoms with Gasteiger partial charge >= 0.3 is 0 Å². The summed E-state index contributed by atoms with van der Waals surface area (Å²) >= 11 is 0. The van der Waals surface area contributed by atoms with E-state index < -0.39 is 0 Å². The van der Waals surface area contributed by atoms with Crippen molar-refractivity contribution in [2.75, 3.05) is 0 Å². The van der Waals surface area contributed by atoms with Gasteiger partial charge in [0.25, 0.3) is 0 Å². The van der Waals surface area contributed by atoms with Crippen LogP contribution in [0.1, 0.15) is 33.6 Å². The van der Waals surface area contributed by atoms with Gasteiger partial charge in [0.15, 0.2) is 11.6 Å². The highest BCUT2D eigenvalue weighted by Gasteiger charge is 2.30. The third kappa shape index (κ3) is 1.13. The van der Waals surface area contributed by atoms with Crippen LogP contribution >= 0.6 is 0 Å². The second kappa shape index (κ2) is 3.27. The average Bonchev–Trinajstić information content (AvgIpc) is 2.36. The number of fused-ring (bicyclic) bond motifs is 1. The number of rotatable bonds is 0. The smallest absolute Gasteiger partial charge is 0.194 e. The lowest BCUT2D eigenvalue weighted by molar-refractivity contribution is 0.0974. The molecule has 3 rings (SSSR count). The standard InChI is InChI=1S/C14H10O2/c15-13-9-5-1-2-6-10(9)14(16)12-8-4-3-7-11(12)13/h1-3,5-7H,4,8H2. The molecule has 1 aromatic rings. The first-order chi connectivity index (χ1) is 7.79. The van der Waals surface area contributed by atoms with Gasteiger partial charge in [-0.1, -0.05) is 36.4 Å². The number of benzene rings is 1. The maximum atomic E-state index is 12.2. The van der Waals surface area contributed by atoms with Crippen LogP contribution in [-0.2, 0) is 0 Å². The quantitative estimate of drug-likeness (QED) is 0.659. The van der Waals surface area contributed by atoms with Gasteiger partial charge in [-0.2, -0.15) is 0 Å². The van der Waals surface area contributed by atoms with Crippen molar-refractivity contribution < 1.29 is 9.59 Å². The summed E-state index contributed by atoms with van der Waals surface area (Å²) in [6.07, 6.45) is 5.28. The molecule has 0 spiro atoms. The van der Waals surface area contributed by atoms with Crippen LogP contribution in [0.3, 0.4) is 0 Å². The van der Waals surface area contributed by atoms with Crippen molar-refractivity contribution in [3.63, 3.8) is 0 Å². The first-order valence-corrected chi connectivity index (χ1v) is 5.37. The van der Waals surface area contributed by atoms with Gasteiger partial charge in [-0.05, 0) is 12.8 Å². The summed E-state index contributed by atoms with van der Waals surface area (Å²) in [6.45, 7) is 0. The Morgan fingerprint density at radius 1 is 0.938 bits per heavy atom. The molecule has 0 fully saturated rings. The normalized spacial score (nSPS) is 18.5. The van der Waals surface area contributed by atoms with Crippen molar-refractivity contribution in [2.45, 2.75) is 12.8 Å². The van der Waals surface area contributed by atoms with Gasteiger partial charge in [0.2, 0.25) is 0 Å². The maximum absolute atomic E-state index is 12.2. The predicted molar refractivity (Wildman–Crippen MR) is 60.5 cm³/mol. The van der Waals surface area contributed by atoms with E-state index in [0.717, 1.165) is 6.42 Å². The molecule has 0 radical (unpaired) electrons. The van der Waals surface area contributed by atoms with E-state index in [4.69, 9.17) is 0 Å². The molecule has 78 valence electrons. The van der Waals surface area contributed by atoms with Gasteiger partial charge in [-0.25, -0.2) is 0 Å². The molecular weight excluding hydrogens is 200 g/mol. The van der Waals surface area contributed by atoms with Gasteiger partial charge in [-0.15, -0.1) is 0 Å². The summed E-state index contributed by atoms with van der Waals surface area (Å²) in [7, 11) is 0. The Hall–Kier alpha value is -1.96. The van der Waals surface area contributed by atoms with Crippen molar-refractivity contribution in [1.82, 2.24) is 0 Å². The zero-order valence-corrected chi connectivity index (χ0v) is 8.69. The monoisotopic (exact) mass is 210 g/mol.